The molecule has 0 unspecified atom stereocenters. The van der Waals surface area contributed by atoms with Crippen LogP contribution in [0.25, 0.3) is 0 Å². The van der Waals surface area contributed by atoms with E-state index in [1.54, 1.807) is 18.2 Å². The maximum absolute atomic E-state index is 12.5. The number of carbonyl (C=O) groups excluding carboxylic acids is 1. The molecule has 4 aromatic rings. The van der Waals surface area contributed by atoms with Crippen LogP contribution in [-0.2, 0) is 17.8 Å². The first-order valence-corrected chi connectivity index (χ1v) is 10.0. The van der Waals surface area contributed by atoms with E-state index in [9.17, 15) is 4.79 Å². The number of nitrogens with two attached hydrogens (primary N) is 1. The van der Waals surface area contributed by atoms with Crippen molar-refractivity contribution in [2.45, 2.75) is 13.0 Å². The number of nitrogens with one attached hydrogen (secondary N) is 2. The summed E-state index contributed by atoms with van der Waals surface area (Å²) in [5.74, 6) is 0.724. The maximum Gasteiger partial charge on any atom is 0.244 e. The van der Waals surface area contributed by atoms with E-state index < -0.39 is 0 Å². The molecule has 4 rings (SSSR count). The Bertz CT molecular complexity index is 1210. The predicted octanol–water partition coefficient (Wildman–Crippen LogP) is 4.93. The highest BCUT2D eigenvalue weighted by atomic mass is 16.5. The van der Waals surface area contributed by atoms with Crippen LogP contribution in [-0.4, -0.2) is 16.6 Å². The lowest BCUT2D eigenvalue weighted by atomic mass is 10.1. The first-order valence-electron chi connectivity index (χ1n) is 10.0. The molecule has 7 nitrogen and oxygen atoms in total. The molecule has 0 spiro atoms. The third-order valence-corrected chi connectivity index (χ3v) is 4.79. The van der Waals surface area contributed by atoms with Gasteiger partial charge in [0.05, 0.1) is 12.6 Å². The summed E-state index contributed by atoms with van der Waals surface area (Å²) in [5.41, 5.74) is 9.37. The minimum absolute atomic E-state index is 0. The van der Waals surface area contributed by atoms with Crippen LogP contribution < -0.4 is 15.8 Å². The summed E-state index contributed by atoms with van der Waals surface area (Å²) in [6.45, 7) is 0.489. The molecule has 0 aliphatic heterocycles. The molecule has 0 saturated heterocycles. The van der Waals surface area contributed by atoms with Crippen molar-refractivity contribution in [2.24, 2.45) is 0 Å². The number of aromatic nitrogens is 1. The van der Waals surface area contributed by atoms with Crippen molar-refractivity contribution in [3.8, 4) is 5.75 Å². The van der Waals surface area contributed by atoms with Gasteiger partial charge in [-0.1, -0.05) is 42.5 Å². The van der Waals surface area contributed by atoms with Crippen molar-refractivity contribution in [2.75, 3.05) is 11.1 Å². The zero-order valence-corrected chi connectivity index (χ0v) is 17.2. The number of hydrogen-bond acceptors (Lipinski definition) is 6. The molecule has 164 valence electrons. The summed E-state index contributed by atoms with van der Waals surface area (Å²) < 4.78 is 10.9. The first kappa shape index (κ1) is 20.9. The summed E-state index contributed by atoms with van der Waals surface area (Å²) in [5, 5.41) is 11.1. The summed E-state index contributed by atoms with van der Waals surface area (Å²) >= 11 is 0. The normalized spacial score (nSPS) is 10.5. The number of carbonyl (C=O) groups is 1. The molecule has 1 amide bonds. The highest BCUT2D eigenvalue weighted by molar-refractivity contribution is 6.12. The Morgan fingerprint density at radius 2 is 1.84 bits per heavy atom. The summed E-state index contributed by atoms with van der Waals surface area (Å²) in [7, 11) is 0. The van der Waals surface area contributed by atoms with E-state index in [1.165, 1.54) is 12.5 Å². The van der Waals surface area contributed by atoms with E-state index >= 15 is 0 Å². The molecule has 1 aromatic heterocycles. The molecule has 4 N–H and O–H groups in total. The molecular formula is C25H26N4O3. The minimum atomic E-state index is -0.179. The number of rotatable bonds is 8. The van der Waals surface area contributed by atoms with Gasteiger partial charge < -0.3 is 20.2 Å². The van der Waals surface area contributed by atoms with Gasteiger partial charge in [-0.15, -0.1) is 0 Å². The average Bonchev–Trinajstić information content (AvgIpc) is 3.35. The number of ether oxygens (including phenoxy) is 1. The number of hydrogen-bond donors (Lipinski definition) is 3. The van der Waals surface area contributed by atoms with Gasteiger partial charge in [0.25, 0.3) is 0 Å². The smallest absolute Gasteiger partial charge is 0.244 e. The number of amides is 1. The molecular weight excluding hydrogens is 404 g/mol. The average molecular weight is 431 g/mol. The monoisotopic (exact) mass is 430 g/mol. The Balaban J connectivity index is 0.00000204. The SMILES string of the molecule is N=C(c1ncco1)c1cc(NC(=O)Cc2ccc(OCc3ccccc3)cc2)ccc1N.[HH].[HH]. The maximum atomic E-state index is 12.5. The molecule has 1 heterocycles. The van der Waals surface area contributed by atoms with Crippen LogP contribution >= 0.6 is 0 Å². The second kappa shape index (κ2) is 9.61. The van der Waals surface area contributed by atoms with E-state index in [4.69, 9.17) is 20.3 Å². The van der Waals surface area contributed by atoms with Crippen molar-refractivity contribution >= 4 is 23.0 Å². The van der Waals surface area contributed by atoms with Gasteiger partial charge in [0.2, 0.25) is 11.8 Å². The van der Waals surface area contributed by atoms with Gasteiger partial charge in [0, 0.05) is 19.8 Å². The minimum Gasteiger partial charge on any atom is -0.489 e. The van der Waals surface area contributed by atoms with Gasteiger partial charge in [0.1, 0.15) is 24.3 Å². The molecule has 0 bridgehead atoms. The zero-order chi connectivity index (χ0) is 22.3. The highest BCUT2D eigenvalue weighted by Gasteiger charge is 2.14. The molecule has 0 atom stereocenters. The predicted molar refractivity (Wildman–Crippen MR) is 127 cm³/mol. The van der Waals surface area contributed by atoms with Crippen molar-refractivity contribution in [3.05, 3.63) is 108 Å². The number of anilines is 2. The molecule has 7 heteroatoms. The molecule has 0 radical (unpaired) electrons. The van der Waals surface area contributed by atoms with Crippen LogP contribution in [0.15, 0.2) is 89.7 Å². The summed E-state index contributed by atoms with van der Waals surface area (Å²) in [6.07, 6.45) is 3.06. The lowest BCUT2D eigenvalue weighted by molar-refractivity contribution is -0.115. The highest BCUT2D eigenvalue weighted by Crippen LogP contribution is 2.21. The quantitative estimate of drug-likeness (QED) is 0.271. The first-order chi connectivity index (χ1) is 15.6. The van der Waals surface area contributed by atoms with Gasteiger partial charge in [0.15, 0.2) is 0 Å². The van der Waals surface area contributed by atoms with Crippen molar-refractivity contribution in [1.29, 1.82) is 5.41 Å². The van der Waals surface area contributed by atoms with Crippen LogP contribution in [0.1, 0.15) is 25.4 Å². The van der Waals surface area contributed by atoms with Crippen LogP contribution in [0.5, 0.6) is 5.75 Å². The number of benzene rings is 3. The standard InChI is InChI=1S/C25H22N4O3.2H2/c26-22-11-8-19(15-21(22)24(27)25-28-12-13-31-25)29-23(30)14-17-6-9-20(10-7-17)32-16-18-4-2-1-3-5-18;;/h1-13,15,27H,14,16,26H2,(H,29,30);2*1H. The van der Waals surface area contributed by atoms with Crippen molar-refractivity contribution < 1.29 is 16.8 Å². The van der Waals surface area contributed by atoms with Gasteiger partial charge in [-0.25, -0.2) is 4.98 Å². The van der Waals surface area contributed by atoms with E-state index in [0.717, 1.165) is 16.9 Å². The van der Waals surface area contributed by atoms with Crippen LogP contribution in [0.4, 0.5) is 11.4 Å². The molecule has 0 aliphatic rings. The van der Waals surface area contributed by atoms with Gasteiger partial charge in [-0.2, -0.15) is 0 Å². The Labute approximate surface area is 188 Å². The largest absolute Gasteiger partial charge is 0.489 e. The number of oxazole rings is 1. The topological polar surface area (TPSA) is 114 Å². The van der Waals surface area contributed by atoms with Crippen molar-refractivity contribution in [1.82, 2.24) is 4.98 Å². The van der Waals surface area contributed by atoms with E-state index in [1.807, 2.05) is 54.6 Å². The fraction of sp³-hybridized carbons (Fsp3) is 0.0800. The van der Waals surface area contributed by atoms with Gasteiger partial charge in [-0.05, 0) is 41.5 Å². The Morgan fingerprint density at radius 1 is 1.06 bits per heavy atom. The molecule has 0 aliphatic carbocycles. The summed E-state index contributed by atoms with van der Waals surface area (Å²) in [6, 6.07) is 22.3. The molecule has 32 heavy (non-hydrogen) atoms. The van der Waals surface area contributed by atoms with Gasteiger partial charge in [-0.3, -0.25) is 10.2 Å². The number of nitrogens with zero attached hydrogens (tertiary/aromatic N) is 1. The van der Waals surface area contributed by atoms with Crippen LogP contribution in [0.3, 0.4) is 0 Å². The van der Waals surface area contributed by atoms with Crippen molar-refractivity contribution in [3.63, 3.8) is 0 Å². The second-order valence-corrected chi connectivity index (χ2v) is 7.16. The van der Waals surface area contributed by atoms with E-state index in [2.05, 4.69) is 10.3 Å². The fourth-order valence-electron chi connectivity index (χ4n) is 3.15. The number of nitrogen functional groups attached to an aromatic ring is 1. The van der Waals surface area contributed by atoms with E-state index in [-0.39, 0.29) is 26.8 Å². The van der Waals surface area contributed by atoms with Gasteiger partial charge >= 0.3 is 0 Å². The zero-order valence-electron chi connectivity index (χ0n) is 17.2. The molecule has 3 aromatic carbocycles. The third-order valence-electron chi connectivity index (χ3n) is 4.79. The lowest BCUT2D eigenvalue weighted by Gasteiger charge is -2.10. The Hall–Kier alpha value is -4.39. The third kappa shape index (κ3) is 5.20. The fourth-order valence-corrected chi connectivity index (χ4v) is 3.15. The van der Waals surface area contributed by atoms with Crippen LogP contribution in [0, 0.1) is 5.41 Å². The Kier molecular flexibility index (Phi) is 6.27. The molecule has 0 fully saturated rings. The van der Waals surface area contributed by atoms with E-state index in [0.29, 0.717) is 23.5 Å². The second-order valence-electron chi connectivity index (χ2n) is 7.16. The molecule has 0 saturated carbocycles. The summed E-state index contributed by atoms with van der Waals surface area (Å²) in [4.78, 5) is 16.5. The van der Waals surface area contributed by atoms with Crippen LogP contribution in [0.2, 0.25) is 0 Å². The lowest BCUT2D eigenvalue weighted by Crippen LogP contribution is -2.15. The Morgan fingerprint density at radius 3 is 2.56 bits per heavy atom.